The lowest BCUT2D eigenvalue weighted by atomic mass is 9.73. The molecule has 1 saturated heterocycles. The first kappa shape index (κ1) is 20.2. The predicted octanol–water partition coefficient (Wildman–Crippen LogP) is 1.91. The Morgan fingerprint density at radius 3 is 2.30 bits per heavy atom. The van der Waals surface area contributed by atoms with Gasteiger partial charge in [-0.05, 0) is 39.0 Å². The molecular weight excluding hydrogens is 298 g/mol. The van der Waals surface area contributed by atoms with Crippen molar-refractivity contribution in [1.29, 1.82) is 0 Å². The van der Waals surface area contributed by atoms with Gasteiger partial charge in [-0.3, -0.25) is 0 Å². The van der Waals surface area contributed by atoms with E-state index in [1.807, 2.05) is 41.5 Å². The highest BCUT2D eigenvalue weighted by molar-refractivity contribution is 5.69. The Hall–Kier alpha value is -0.850. The molecule has 0 aromatic carbocycles. The predicted molar refractivity (Wildman–Crippen MR) is 88.1 cm³/mol. The number of nitrogens with zero attached hydrogens (tertiary/aromatic N) is 1. The van der Waals surface area contributed by atoms with Crippen LogP contribution in [0.5, 0.6) is 0 Å². The highest BCUT2D eigenvalue weighted by Crippen LogP contribution is 2.39. The van der Waals surface area contributed by atoms with Crippen LogP contribution in [0.4, 0.5) is 4.79 Å². The molecule has 1 aliphatic heterocycles. The van der Waals surface area contributed by atoms with Crippen molar-refractivity contribution in [2.24, 2.45) is 5.41 Å². The van der Waals surface area contributed by atoms with Gasteiger partial charge in [0.15, 0.2) is 0 Å². The van der Waals surface area contributed by atoms with Gasteiger partial charge in [-0.15, -0.1) is 0 Å². The average Bonchev–Trinajstić information content (AvgIpc) is 2.34. The first-order chi connectivity index (χ1) is 10.3. The number of aliphatic hydroxyl groups excluding tert-OH is 2. The first-order valence-electron chi connectivity index (χ1n) is 8.28. The zero-order valence-corrected chi connectivity index (χ0v) is 15.3. The zero-order chi connectivity index (χ0) is 18.1. The number of amides is 1. The van der Waals surface area contributed by atoms with E-state index in [0.29, 0.717) is 19.4 Å². The largest absolute Gasteiger partial charge is 0.444 e. The van der Waals surface area contributed by atoms with Crippen molar-refractivity contribution < 1.29 is 24.9 Å². The minimum absolute atomic E-state index is 0.109. The van der Waals surface area contributed by atoms with E-state index in [0.717, 1.165) is 0 Å². The van der Waals surface area contributed by atoms with E-state index in [2.05, 4.69) is 0 Å². The minimum Gasteiger partial charge on any atom is -0.444 e. The van der Waals surface area contributed by atoms with Crippen LogP contribution in [-0.4, -0.2) is 62.8 Å². The van der Waals surface area contributed by atoms with Crippen molar-refractivity contribution in [3.05, 3.63) is 0 Å². The average molecular weight is 331 g/mol. The third kappa shape index (κ3) is 5.94. The summed E-state index contributed by atoms with van der Waals surface area (Å²) < 4.78 is 5.49. The zero-order valence-electron chi connectivity index (χ0n) is 15.3. The topological polar surface area (TPSA) is 90.2 Å². The molecule has 0 aliphatic carbocycles. The number of hydrogen-bond donors (Lipinski definition) is 3. The molecule has 0 aromatic heterocycles. The number of piperidine rings is 1. The maximum atomic E-state index is 12.5. The van der Waals surface area contributed by atoms with Gasteiger partial charge in [0.25, 0.3) is 0 Å². The van der Waals surface area contributed by atoms with Crippen LogP contribution in [0.25, 0.3) is 0 Å². The van der Waals surface area contributed by atoms with Gasteiger partial charge in [-0.1, -0.05) is 20.8 Å². The maximum Gasteiger partial charge on any atom is 0.410 e. The van der Waals surface area contributed by atoms with Crippen molar-refractivity contribution in [2.75, 3.05) is 13.2 Å². The smallest absolute Gasteiger partial charge is 0.410 e. The minimum atomic E-state index is -1.08. The molecule has 1 amide bonds. The Morgan fingerprint density at radius 1 is 1.30 bits per heavy atom. The second-order valence-corrected chi connectivity index (χ2v) is 8.77. The number of ether oxygens (including phenoxy) is 1. The van der Waals surface area contributed by atoms with Crippen LogP contribution in [0.15, 0.2) is 0 Å². The van der Waals surface area contributed by atoms with E-state index in [4.69, 9.17) is 9.84 Å². The molecule has 0 bridgehead atoms. The van der Waals surface area contributed by atoms with Crippen molar-refractivity contribution in [3.8, 4) is 0 Å². The summed E-state index contributed by atoms with van der Waals surface area (Å²) in [4.78, 5) is 14.2. The van der Waals surface area contributed by atoms with Gasteiger partial charge in [0.05, 0.1) is 18.3 Å². The van der Waals surface area contributed by atoms with Gasteiger partial charge in [-0.25, -0.2) is 4.79 Å². The Bertz CT molecular complexity index is 412. The summed E-state index contributed by atoms with van der Waals surface area (Å²) in [5, 5.41) is 29.5. The second-order valence-electron chi connectivity index (χ2n) is 8.77. The van der Waals surface area contributed by atoms with Crippen LogP contribution in [0, 0.1) is 5.41 Å². The molecule has 6 nitrogen and oxygen atoms in total. The molecule has 1 rings (SSSR count). The number of aliphatic hydroxyl groups is 3. The van der Waals surface area contributed by atoms with Crippen molar-refractivity contribution in [2.45, 2.75) is 84.2 Å². The number of likely N-dealkylation sites (tertiary alicyclic amines) is 1. The Kier molecular flexibility index (Phi) is 6.10. The Labute approximate surface area is 139 Å². The highest BCUT2D eigenvalue weighted by atomic mass is 16.6. The fourth-order valence-corrected chi connectivity index (χ4v) is 3.06. The molecule has 3 atom stereocenters. The lowest BCUT2D eigenvalue weighted by molar-refractivity contribution is -0.0985. The highest BCUT2D eigenvalue weighted by Gasteiger charge is 2.46. The summed E-state index contributed by atoms with van der Waals surface area (Å²) in [6, 6.07) is -0.206. The molecule has 23 heavy (non-hydrogen) atoms. The van der Waals surface area contributed by atoms with Crippen LogP contribution in [0.3, 0.4) is 0 Å². The number of rotatable bonds is 3. The molecule has 3 unspecified atom stereocenters. The molecule has 0 spiro atoms. The normalized spacial score (nSPS) is 27.7. The van der Waals surface area contributed by atoms with Crippen LogP contribution in [0.1, 0.15) is 60.8 Å². The summed E-state index contributed by atoms with van der Waals surface area (Å²) in [5.41, 5.74) is -1.89. The molecule has 6 heteroatoms. The Morgan fingerprint density at radius 2 is 1.87 bits per heavy atom. The third-order valence-electron chi connectivity index (χ3n) is 4.22. The van der Waals surface area contributed by atoms with Gasteiger partial charge in [0, 0.05) is 19.0 Å². The van der Waals surface area contributed by atoms with E-state index in [1.165, 1.54) is 0 Å². The van der Waals surface area contributed by atoms with Crippen LogP contribution in [0.2, 0.25) is 0 Å². The van der Waals surface area contributed by atoms with E-state index < -0.39 is 17.3 Å². The summed E-state index contributed by atoms with van der Waals surface area (Å²) in [6.07, 6.45) is -0.503. The quantitative estimate of drug-likeness (QED) is 0.735. The number of hydrogen-bond acceptors (Lipinski definition) is 5. The molecule has 1 fully saturated rings. The molecule has 1 heterocycles. The standard InChI is InChI=1S/C17H33NO5/c1-15(2,3)13-10-17(22,9-12(20)11-19)7-8-18(13)14(21)23-16(4,5)6/h12-13,19-20,22H,7-11H2,1-6H3. The fraction of sp³-hybridized carbons (Fsp3) is 0.941. The van der Waals surface area contributed by atoms with E-state index in [-0.39, 0.29) is 30.6 Å². The monoisotopic (exact) mass is 331 g/mol. The first-order valence-corrected chi connectivity index (χ1v) is 8.28. The summed E-state index contributed by atoms with van der Waals surface area (Å²) in [7, 11) is 0. The van der Waals surface area contributed by atoms with Crippen LogP contribution in [-0.2, 0) is 4.74 Å². The molecule has 1 aliphatic rings. The molecule has 0 saturated carbocycles. The van der Waals surface area contributed by atoms with Crippen LogP contribution < -0.4 is 0 Å². The molecule has 0 aromatic rings. The van der Waals surface area contributed by atoms with Crippen LogP contribution >= 0.6 is 0 Å². The second kappa shape index (κ2) is 6.95. The van der Waals surface area contributed by atoms with Crippen molar-refractivity contribution >= 4 is 6.09 Å². The molecule has 0 radical (unpaired) electrons. The van der Waals surface area contributed by atoms with Crippen molar-refractivity contribution in [1.82, 2.24) is 4.90 Å². The fourth-order valence-electron chi connectivity index (χ4n) is 3.06. The Balaban J connectivity index is 2.93. The summed E-state index contributed by atoms with van der Waals surface area (Å²) >= 11 is 0. The molecular formula is C17H33NO5. The van der Waals surface area contributed by atoms with E-state index in [1.54, 1.807) is 4.90 Å². The lowest BCUT2D eigenvalue weighted by Crippen LogP contribution is -2.58. The summed E-state index contributed by atoms with van der Waals surface area (Å²) in [5.74, 6) is 0. The third-order valence-corrected chi connectivity index (χ3v) is 4.22. The SMILES string of the molecule is CC(C)(C)OC(=O)N1CCC(O)(CC(O)CO)CC1C(C)(C)C. The summed E-state index contributed by atoms with van der Waals surface area (Å²) in [6.45, 7) is 11.5. The van der Waals surface area contributed by atoms with Gasteiger partial charge < -0.3 is 25.0 Å². The van der Waals surface area contributed by atoms with Gasteiger partial charge >= 0.3 is 6.09 Å². The molecule has 3 N–H and O–H groups in total. The van der Waals surface area contributed by atoms with Crippen molar-refractivity contribution in [3.63, 3.8) is 0 Å². The van der Waals surface area contributed by atoms with Gasteiger partial charge in [0.1, 0.15) is 5.60 Å². The van der Waals surface area contributed by atoms with E-state index in [9.17, 15) is 15.0 Å². The number of carbonyl (C=O) groups is 1. The van der Waals surface area contributed by atoms with E-state index >= 15 is 0 Å². The number of carbonyl (C=O) groups excluding carboxylic acids is 1. The lowest BCUT2D eigenvalue weighted by Gasteiger charge is -2.49. The molecule has 136 valence electrons. The maximum absolute atomic E-state index is 12.5. The van der Waals surface area contributed by atoms with Gasteiger partial charge in [-0.2, -0.15) is 0 Å². The van der Waals surface area contributed by atoms with Gasteiger partial charge in [0.2, 0.25) is 0 Å².